The second kappa shape index (κ2) is 9.27. The highest BCUT2D eigenvalue weighted by Crippen LogP contribution is 1.98. The van der Waals surface area contributed by atoms with E-state index in [4.69, 9.17) is 19.1 Å². The van der Waals surface area contributed by atoms with Gasteiger partial charge in [-0.05, 0) is 6.92 Å². The van der Waals surface area contributed by atoms with Crippen LogP contribution in [0.4, 0.5) is 0 Å². The fourth-order valence-corrected chi connectivity index (χ4v) is 0. The molecule has 0 saturated carbocycles. The van der Waals surface area contributed by atoms with Crippen molar-refractivity contribution in [3.63, 3.8) is 0 Å². The van der Waals surface area contributed by atoms with Crippen molar-refractivity contribution < 1.29 is 19.1 Å². The van der Waals surface area contributed by atoms with Crippen LogP contribution in [0.5, 0.6) is 0 Å². The molecular weight excluding hydrogens is 119 g/mol. The van der Waals surface area contributed by atoms with Gasteiger partial charge in [0.2, 0.25) is 0 Å². The van der Waals surface area contributed by atoms with Gasteiger partial charge in [0.05, 0.1) is 0 Å². The lowest BCUT2D eigenvalue weighted by Crippen LogP contribution is -1.38. The first-order chi connectivity index (χ1) is 3.15. The van der Waals surface area contributed by atoms with Crippen molar-refractivity contribution in [3.8, 4) is 0 Å². The first kappa shape index (κ1) is 9.94. The third kappa shape index (κ3) is 2620. The second-order valence-electron chi connectivity index (χ2n) is 0.518. The fraction of sp³-hybridized carbons (Fsp3) is 0.500. The van der Waals surface area contributed by atoms with E-state index < -0.39 is 8.25 Å². The van der Waals surface area contributed by atoms with Crippen molar-refractivity contribution in [2.75, 3.05) is 0 Å². The van der Waals surface area contributed by atoms with Gasteiger partial charge in [-0.3, -0.25) is 4.57 Å². The van der Waals surface area contributed by atoms with Crippen molar-refractivity contribution in [1.82, 2.24) is 0 Å². The molecule has 5 heteroatoms. The summed E-state index contributed by atoms with van der Waals surface area (Å²) in [6.45, 7) is 1.44. The number of hydrogen-bond donors (Lipinski definition) is 2. The van der Waals surface area contributed by atoms with Gasteiger partial charge in [-0.15, -0.1) is 0 Å². The maximum Gasteiger partial charge on any atom is 0.314 e. The second-order valence-corrected chi connectivity index (χ2v) is 1.08. The van der Waals surface area contributed by atoms with Crippen molar-refractivity contribution >= 4 is 14.5 Å². The first-order valence-electron chi connectivity index (χ1n) is 1.46. The molecule has 0 aliphatic rings. The highest BCUT2D eigenvalue weighted by atomic mass is 31.1. The van der Waals surface area contributed by atoms with Crippen molar-refractivity contribution in [1.29, 1.82) is 0 Å². The Hall–Kier alpha value is -0.180. The average molecular weight is 126 g/mol. The summed E-state index contributed by atoms with van der Waals surface area (Å²) in [7, 11) is -3.13. The lowest BCUT2D eigenvalue weighted by Gasteiger charge is -1.61. The molecule has 0 aromatic heterocycles. The van der Waals surface area contributed by atoms with Crippen LogP contribution in [0.1, 0.15) is 6.92 Å². The smallest absolute Gasteiger partial charge is 0.314 e. The largest absolute Gasteiger partial charge is 0.326 e. The molecule has 44 valence electrons. The summed E-state index contributed by atoms with van der Waals surface area (Å²) >= 11 is 0. The van der Waals surface area contributed by atoms with E-state index in [2.05, 4.69) is 0 Å². The summed E-state index contributed by atoms with van der Waals surface area (Å²) in [6.07, 6.45) is 0.750. The van der Waals surface area contributed by atoms with E-state index >= 15 is 0 Å². The quantitative estimate of drug-likeness (QED) is 0.341. The van der Waals surface area contributed by atoms with Crippen LogP contribution >= 0.6 is 8.25 Å². The van der Waals surface area contributed by atoms with Gasteiger partial charge < -0.3 is 14.6 Å². The minimum absolute atomic E-state index is 0.750. The van der Waals surface area contributed by atoms with Gasteiger partial charge in [-0.2, -0.15) is 0 Å². The number of hydrogen-bond acceptors (Lipinski definition) is 2. The van der Waals surface area contributed by atoms with Crippen LogP contribution in [0.15, 0.2) is 0 Å². The lowest BCUT2D eigenvalue weighted by molar-refractivity contribution is -0.106. The number of aldehydes is 1. The van der Waals surface area contributed by atoms with Crippen LogP contribution in [-0.2, 0) is 9.36 Å². The van der Waals surface area contributed by atoms with Crippen molar-refractivity contribution in [2.24, 2.45) is 0 Å². The van der Waals surface area contributed by atoms with Crippen LogP contribution in [0.25, 0.3) is 0 Å². The van der Waals surface area contributed by atoms with Crippen LogP contribution in [0.2, 0.25) is 0 Å². The fourth-order valence-electron chi connectivity index (χ4n) is 0. The molecule has 0 saturated heterocycles. The van der Waals surface area contributed by atoms with Crippen molar-refractivity contribution in [2.45, 2.75) is 6.92 Å². The maximum atomic E-state index is 8.81. The predicted octanol–water partition coefficient (Wildman–Crippen LogP) is -0.434. The van der Waals surface area contributed by atoms with Gasteiger partial charge in [-0.25, -0.2) is 0 Å². The third-order valence-electron chi connectivity index (χ3n) is 0. The van der Waals surface area contributed by atoms with Gasteiger partial charge >= 0.3 is 8.25 Å². The molecule has 0 unspecified atom stereocenters. The summed E-state index contributed by atoms with van der Waals surface area (Å²) in [5.74, 6) is 0. The highest BCUT2D eigenvalue weighted by Gasteiger charge is 1.61. The minimum atomic E-state index is -3.13. The Morgan fingerprint density at radius 2 is 1.57 bits per heavy atom. The Kier molecular flexibility index (Phi) is 13.2. The SMILES string of the molecule is CC=O.O=[PH](O)O. The molecule has 0 aromatic carbocycles. The molecule has 0 fully saturated rings. The molecule has 0 aliphatic carbocycles. The van der Waals surface area contributed by atoms with Crippen LogP contribution in [-0.4, -0.2) is 16.1 Å². The molecular formula is C2H7O4P. The molecule has 4 nitrogen and oxygen atoms in total. The summed E-state index contributed by atoms with van der Waals surface area (Å²) in [4.78, 5) is 23.1. The van der Waals surface area contributed by atoms with E-state index in [1.54, 1.807) is 0 Å². The lowest BCUT2D eigenvalue weighted by atomic mass is 11.0. The first-order valence-corrected chi connectivity index (χ1v) is 2.77. The summed E-state index contributed by atoms with van der Waals surface area (Å²) in [5.41, 5.74) is 0. The van der Waals surface area contributed by atoms with E-state index in [-0.39, 0.29) is 0 Å². The van der Waals surface area contributed by atoms with E-state index in [0.29, 0.717) is 0 Å². The molecule has 2 N–H and O–H groups in total. The Balaban J connectivity index is 0. The summed E-state index contributed by atoms with van der Waals surface area (Å²) < 4.78 is 8.74. The molecule has 0 aliphatic heterocycles. The zero-order chi connectivity index (χ0) is 6.28. The maximum absolute atomic E-state index is 8.81. The third-order valence-corrected chi connectivity index (χ3v) is 0. The molecule has 0 aromatic rings. The molecule has 0 bridgehead atoms. The van der Waals surface area contributed by atoms with Crippen LogP contribution in [0, 0.1) is 0 Å². The van der Waals surface area contributed by atoms with Gasteiger partial charge in [0.1, 0.15) is 6.29 Å². The number of carbonyl (C=O) groups is 1. The average Bonchev–Trinajstić information content (AvgIpc) is 1.33. The highest BCUT2D eigenvalue weighted by molar-refractivity contribution is 7.30. The zero-order valence-electron chi connectivity index (χ0n) is 3.79. The van der Waals surface area contributed by atoms with Crippen LogP contribution < -0.4 is 0 Å². The Labute approximate surface area is 41.7 Å². The predicted molar refractivity (Wildman–Crippen MR) is 25.2 cm³/mol. The van der Waals surface area contributed by atoms with E-state index in [1.165, 1.54) is 6.92 Å². The minimum Gasteiger partial charge on any atom is -0.326 e. The molecule has 0 radical (unpaired) electrons. The summed E-state index contributed by atoms with van der Waals surface area (Å²) in [5, 5.41) is 0. The molecule has 0 atom stereocenters. The van der Waals surface area contributed by atoms with Gasteiger partial charge in [0.15, 0.2) is 0 Å². The Morgan fingerprint density at radius 1 is 1.57 bits per heavy atom. The van der Waals surface area contributed by atoms with Gasteiger partial charge in [0.25, 0.3) is 0 Å². The normalized spacial score (nSPS) is 6.86. The molecule has 7 heavy (non-hydrogen) atoms. The summed E-state index contributed by atoms with van der Waals surface area (Å²) in [6, 6.07) is 0. The number of rotatable bonds is 0. The van der Waals surface area contributed by atoms with Crippen LogP contribution in [0.3, 0.4) is 0 Å². The number of carbonyl (C=O) groups excluding carboxylic acids is 1. The molecule has 0 rings (SSSR count). The molecule has 0 heterocycles. The molecule has 0 amide bonds. The van der Waals surface area contributed by atoms with Gasteiger partial charge in [-0.1, -0.05) is 0 Å². The van der Waals surface area contributed by atoms with E-state index in [0.717, 1.165) is 6.29 Å². The Bertz CT molecular complexity index is 56.7. The monoisotopic (exact) mass is 126 g/mol. The Morgan fingerprint density at radius 3 is 1.57 bits per heavy atom. The standard InChI is InChI=1S/C2H4O.H3O3P/c1-2-3;1-4(2)3/h2H,1H3;4H,(H2,1,2,3). The topological polar surface area (TPSA) is 74.6 Å². The van der Waals surface area contributed by atoms with Crippen molar-refractivity contribution in [3.05, 3.63) is 0 Å². The zero-order valence-corrected chi connectivity index (χ0v) is 4.79. The van der Waals surface area contributed by atoms with E-state index in [9.17, 15) is 0 Å². The molecule has 0 spiro atoms. The van der Waals surface area contributed by atoms with E-state index in [1.807, 2.05) is 0 Å². The van der Waals surface area contributed by atoms with Gasteiger partial charge in [0, 0.05) is 0 Å².